The third-order valence-corrected chi connectivity index (χ3v) is 3.38. The number of nitrogens with zero attached hydrogens (tertiary/aromatic N) is 2. The fraction of sp³-hybridized carbons (Fsp3) is 0.0625. The predicted octanol–water partition coefficient (Wildman–Crippen LogP) is 4.08. The van der Waals surface area contributed by atoms with Crippen molar-refractivity contribution in [3.63, 3.8) is 0 Å². The summed E-state index contributed by atoms with van der Waals surface area (Å²) in [5, 5.41) is 6.57. The van der Waals surface area contributed by atoms with Gasteiger partial charge < -0.3 is 4.42 Å². The van der Waals surface area contributed by atoms with Crippen LogP contribution in [0.5, 0.6) is 0 Å². The number of fused-ring (bicyclic) bond motifs is 3. The maximum absolute atomic E-state index is 6.00. The highest BCUT2D eigenvalue weighted by atomic mass is 16.3. The van der Waals surface area contributed by atoms with Gasteiger partial charge in [-0.05, 0) is 31.2 Å². The van der Waals surface area contributed by atoms with E-state index in [0.717, 1.165) is 27.6 Å². The Balaban J connectivity index is 2.15. The van der Waals surface area contributed by atoms with Crippen molar-refractivity contribution in [2.24, 2.45) is 0 Å². The molecule has 0 saturated heterocycles. The molecule has 0 N–H and O–H groups in total. The molecule has 0 fully saturated rings. The molecule has 0 aliphatic rings. The molecule has 2 aromatic carbocycles. The molecule has 0 amide bonds. The van der Waals surface area contributed by atoms with Gasteiger partial charge in [0.1, 0.15) is 11.3 Å². The van der Waals surface area contributed by atoms with Gasteiger partial charge in [-0.1, -0.05) is 23.8 Å². The summed E-state index contributed by atoms with van der Waals surface area (Å²) in [5.74, 6) is 0. The molecule has 0 saturated carbocycles. The molecule has 19 heavy (non-hydrogen) atoms. The fourth-order valence-electron chi connectivity index (χ4n) is 2.49. The quantitative estimate of drug-likeness (QED) is 0.508. The number of aromatic nitrogens is 2. The number of aryl methyl sites for hydroxylation is 1. The molecule has 0 unspecified atom stereocenters. The van der Waals surface area contributed by atoms with Crippen molar-refractivity contribution in [2.75, 3.05) is 0 Å². The topological polar surface area (TPSA) is 31.0 Å². The fourth-order valence-corrected chi connectivity index (χ4v) is 2.49. The van der Waals surface area contributed by atoms with Crippen molar-refractivity contribution in [1.29, 1.82) is 0 Å². The van der Waals surface area contributed by atoms with Gasteiger partial charge >= 0.3 is 0 Å². The lowest BCUT2D eigenvalue weighted by atomic mass is 10.1. The van der Waals surface area contributed by atoms with Crippen molar-refractivity contribution in [1.82, 2.24) is 9.78 Å². The van der Waals surface area contributed by atoms with E-state index in [1.54, 1.807) is 6.20 Å². The monoisotopic (exact) mass is 248 g/mol. The van der Waals surface area contributed by atoms with Gasteiger partial charge in [0.2, 0.25) is 0 Å². The van der Waals surface area contributed by atoms with Crippen molar-refractivity contribution < 1.29 is 4.42 Å². The molecule has 4 aromatic rings. The normalized spacial score (nSPS) is 11.4. The van der Waals surface area contributed by atoms with Crippen LogP contribution in [-0.4, -0.2) is 9.78 Å². The van der Waals surface area contributed by atoms with Crippen LogP contribution in [0.4, 0.5) is 0 Å². The third-order valence-electron chi connectivity index (χ3n) is 3.38. The average Bonchev–Trinajstić information content (AvgIpc) is 3.05. The summed E-state index contributed by atoms with van der Waals surface area (Å²) in [6.07, 6.45) is 3.69. The average molecular weight is 248 g/mol. The Kier molecular flexibility index (Phi) is 2.03. The third kappa shape index (κ3) is 1.48. The standard InChI is InChI=1S/C16H12N2O/c1-11-6-7-15-13(10-11)12-4-2-5-14(16(12)19-15)18-9-3-8-17-18/h2-10H,1H3. The molecule has 3 nitrogen and oxygen atoms in total. The van der Waals surface area contributed by atoms with Gasteiger partial charge in [0.25, 0.3) is 0 Å². The predicted molar refractivity (Wildman–Crippen MR) is 75.6 cm³/mol. The zero-order valence-electron chi connectivity index (χ0n) is 10.5. The van der Waals surface area contributed by atoms with Crippen molar-refractivity contribution in [2.45, 2.75) is 6.92 Å². The maximum Gasteiger partial charge on any atom is 0.161 e. The molecule has 3 heteroatoms. The van der Waals surface area contributed by atoms with E-state index in [0.29, 0.717) is 0 Å². The number of benzene rings is 2. The SMILES string of the molecule is Cc1ccc2oc3c(-n4cccn4)cccc3c2c1. The molecule has 0 spiro atoms. The van der Waals surface area contributed by atoms with E-state index < -0.39 is 0 Å². The Labute approximate surface area is 110 Å². The van der Waals surface area contributed by atoms with Crippen LogP contribution in [0.25, 0.3) is 27.6 Å². The van der Waals surface area contributed by atoms with E-state index in [1.165, 1.54) is 5.56 Å². The number of rotatable bonds is 1. The molecule has 0 radical (unpaired) electrons. The Bertz CT molecular complexity index is 872. The highest BCUT2D eigenvalue weighted by Crippen LogP contribution is 2.32. The van der Waals surface area contributed by atoms with Crippen LogP contribution in [0, 0.1) is 6.92 Å². The van der Waals surface area contributed by atoms with E-state index in [-0.39, 0.29) is 0 Å². The zero-order valence-corrected chi connectivity index (χ0v) is 10.5. The van der Waals surface area contributed by atoms with E-state index in [1.807, 2.05) is 35.1 Å². The Hall–Kier alpha value is -2.55. The van der Waals surface area contributed by atoms with E-state index in [4.69, 9.17) is 4.42 Å². The summed E-state index contributed by atoms with van der Waals surface area (Å²) in [6, 6.07) is 14.3. The summed E-state index contributed by atoms with van der Waals surface area (Å²) in [5.41, 5.74) is 4.00. The first-order valence-corrected chi connectivity index (χ1v) is 6.25. The van der Waals surface area contributed by atoms with Gasteiger partial charge in [-0.3, -0.25) is 0 Å². The van der Waals surface area contributed by atoms with Crippen molar-refractivity contribution in [3.8, 4) is 5.69 Å². The molecule has 4 rings (SSSR count). The second kappa shape index (κ2) is 3.72. The van der Waals surface area contributed by atoms with Crippen LogP contribution in [0.1, 0.15) is 5.56 Å². The number of furan rings is 1. The highest BCUT2D eigenvalue weighted by molar-refractivity contribution is 6.07. The molecule has 92 valence electrons. The van der Waals surface area contributed by atoms with Crippen LogP contribution in [0.2, 0.25) is 0 Å². The molecule has 0 aliphatic carbocycles. The Morgan fingerprint density at radius 1 is 1.05 bits per heavy atom. The lowest BCUT2D eigenvalue weighted by Gasteiger charge is -2.01. The van der Waals surface area contributed by atoms with Crippen LogP contribution in [0.3, 0.4) is 0 Å². The highest BCUT2D eigenvalue weighted by Gasteiger charge is 2.11. The first kappa shape index (κ1) is 10.4. The number of hydrogen-bond acceptors (Lipinski definition) is 2. The van der Waals surface area contributed by atoms with Gasteiger partial charge in [-0.2, -0.15) is 5.10 Å². The van der Waals surface area contributed by atoms with Gasteiger partial charge in [0.05, 0.1) is 0 Å². The molecule has 0 atom stereocenters. The lowest BCUT2D eigenvalue weighted by Crippen LogP contribution is -1.93. The summed E-state index contributed by atoms with van der Waals surface area (Å²) in [6.45, 7) is 2.09. The van der Waals surface area contributed by atoms with Gasteiger partial charge in [0, 0.05) is 23.2 Å². The minimum absolute atomic E-state index is 0.881. The molecule has 0 aliphatic heterocycles. The molecular weight excluding hydrogens is 236 g/mol. The summed E-state index contributed by atoms with van der Waals surface area (Å²) in [4.78, 5) is 0. The Morgan fingerprint density at radius 3 is 2.84 bits per heavy atom. The number of para-hydroxylation sites is 1. The van der Waals surface area contributed by atoms with Gasteiger partial charge in [0.15, 0.2) is 5.58 Å². The first-order valence-electron chi connectivity index (χ1n) is 6.25. The van der Waals surface area contributed by atoms with Crippen LogP contribution in [-0.2, 0) is 0 Å². The molecular formula is C16H12N2O. The van der Waals surface area contributed by atoms with Crippen LogP contribution < -0.4 is 0 Å². The summed E-state index contributed by atoms with van der Waals surface area (Å²) in [7, 11) is 0. The molecule has 0 bridgehead atoms. The van der Waals surface area contributed by atoms with Crippen LogP contribution >= 0.6 is 0 Å². The van der Waals surface area contributed by atoms with Crippen LogP contribution in [0.15, 0.2) is 59.3 Å². The van der Waals surface area contributed by atoms with E-state index in [9.17, 15) is 0 Å². The van der Waals surface area contributed by atoms with Crippen molar-refractivity contribution in [3.05, 3.63) is 60.4 Å². The minimum Gasteiger partial charge on any atom is -0.454 e. The lowest BCUT2D eigenvalue weighted by molar-refractivity contribution is 0.662. The maximum atomic E-state index is 6.00. The zero-order chi connectivity index (χ0) is 12.8. The van der Waals surface area contributed by atoms with Gasteiger partial charge in [-0.15, -0.1) is 0 Å². The second-order valence-electron chi connectivity index (χ2n) is 4.71. The summed E-state index contributed by atoms with van der Waals surface area (Å²) < 4.78 is 7.83. The summed E-state index contributed by atoms with van der Waals surface area (Å²) >= 11 is 0. The Morgan fingerprint density at radius 2 is 2.00 bits per heavy atom. The minimum atomic E-state index is 0.881. The molecule has 2 aromatic heterocycles. The van der Waals surface area contributed by atoms with Gasteiger partial charge in [-0.25, -0.2) is 4.68 Å². The molecule has 2 heterocycles. The smallest absolute Gasteiger partial charge is 0.161 e. The number of hydrogen-bond donors (Lipinski definition) is 0. The van der Waals surface area contributed by atoms with E-state index in [2.05, 4.69) is 30.2 Å². The first-order chi connectivity index (χ1) is 9.33. The van der Waals surface area contributed by atoms with Crippen molar-refractivity contribution >= 4 is 21.9 Å². The largest absolute Gasteiger partial charge is 0.454 e. The van der Waals surface area contributed by atoms with E-state index >= 15 is 0 Å². The second-order valence-corrected chi connectivity index (χ2v) is 4.71.